The van der Waals surface area contributed by atoms with E-state index in [0.717, 1.165) is 11.3 Å². The third-order valence-corrected chi connectivity index (χ3v) is 3.67. The first-order chi connectivity index (χ1) is 9.20. The Bertz CT molecular complexity index is 599. The average Bonchev–Trinajstić information content (AvgIpc) is 2.84. The molecular formula is C16H17NOS. The summed E-state index contributed by atoms with van der Waals surface area (Å²) in [6.45, 7) is 5.11. The second-order valence-corrected chi connectivity index (χ2v) is 5.31. The molecule has 2 N–H and O–H groups in total. The maximum atomic E-state index is 5.91. The van der Waals surface area contributed by atoms with Crippen LogP contribution in [0.15, 0.2) is 29.6 Å². The van der Waals surface area contributed by atoms with Gasteiger partial charge in [0.15, 0.2) is 0 Å². The third-order valence-electron chi connectivity index (χ3n) is 2.76. The maximum absolute atomic E-state index is 5.91. The second kappa shape index (κ2) is 6.42. The van der Waals surface area contributed by atoms with Crippen LogP contribution in [0.2, 0.25) is 0 Å². The van der Waals surface area contributed by atoms with E-state index in [2.05, 4.69) is 43.9 Å². The summed E-state index contributed by atoms with van der Waals surface area (Å²) in [5.74, 6) is 6.86. The van der Waals surface area contributed by atoms with Crippen LogP contribution in [-0.2, 0) is 6.61 Å². The Balaban J connectivity index is 2.04. The first-order valence-electron chi connectivity index (χ1n) is 6.16. The molecule has 0 aliphatic rings. The molecule has 3 heteroatoms. The summed E-state index contributed by atoms with van der Waals surface area (Å²) in [6.07, 6.45) is 0. The minimum absolute atomic E-state index is 0.393. The molecule has 0 fully saturated rings. The van der Waals surface area contributed by atoms with Crippen LogP contribution in [0.25, 0.3) is 0 Å². The zero-order valence-corrected chi connectivity index (χ0v) is 12.0. The van der Waals surface area contributed by atoms with Crippen LogP contribution in [0.5, 0.6) is 5.75 Å². The molecule has 0 radical (unpaired) electrons. The Morgan fingerprint density at radius 3 is 2.68 bits per heavy atom. The van der Waals surface area contributed by atoms with Crippen LogP contribution in [0.4, 0.5) is 0 Å². The second-order valence-electron chi connectivity index (χ2n) is 4.32. The topological polar surface area (TPSA) is 35.2 Å². The zero-order chi connectivity index (χ0) is 13.7. The van der Waals surface area contributed by atoms with E-state index in [1.807, 2.05) is 11.4 Å². The van der Waals surface area contributed by atoms with Crippen molar-refractivity contribution in [3.8, 4) is 17.6 Å². The van der Waals surface area contributed by atoms with Gasteiger partial charge < -0.3 is 10.5 Å². The molecule has 0 atom stereocenters. The predicted octanol–water partition coefficient (Wildman–Crippen LogP) is 3.25. The lowest BCUT2D eigenvalue weighted by atomic mass is 10.1. The molecule has 0 aliphatic carbocycles. The molecule has 2 nitrogen and oxygen atoms in total. The molecule has 2 rings (SSSR count). The van der Waals surface area contributed by atoms with Gasteiger partial charge in [0.1, 0.15) is 12.4 Å². The average molecular weight is 271 g/mol. The molecule has 2 aromatic rings. The first kappa shape index (κ1) is 13.7. The number of hydrogen-bond acceptors (Lipinski definition) is 3. The normalized spacial score (nSPS) is 9.84. The first-order valence-corrected chi connectivity index (χ1v) is 7.04. The van der Waals surface area contributed by atoms with E-state index < -0.39 is 0 Å². The van der Waals surface area contributed by atoms with Crippen LogP contribution in [-0.4, -0.2) is 6.54 Å². The minimum atomic E-state index is 0.393. The van der Waals surface area contributed by atoms with E-state index in [9.17, 15) is 0 Å². The summed E-state index contributed by atoms with van der Waals surface area (Å²) in [5, 5.41) is 2.03. The number of nitrogens with two attached hydrogens (primary N) is 1. The van der Waals surface area contributed by atoms with E-state index >= 15 is 0 Å². The standard InChI is InChI=1S/C16H17NOS/c1-12-5-3-6-13(2)16(12)18-10-15-9-14(11-19-15)7-4-8-17/h3,5-6,9,11H,8,10,17H2,1-2H3. The molecule has 0 bridgehead atoms. The van der Waals surface area contributed by atoms with Gasteiger partial charge in [0.2, 0.25) is 0 Å². The smallest absolute Gasteiger partial charge is 0.125 e. The van der Waals surface area contributed by atoms with Gasteiger partial charge in [-0.3, -0.25) is 0 Å². The van der Waals surface area contributed by atoms with Crippen LogP contribution in [0.1, 0.15) is 21.6 Å². The fraction of sp³-hybridized carbons (Fsp3) is 0.250. The van der Waals surface area contributed by atoms with E-state index in [4.69, 9.17) is 10.5 Å². The molecule has 19 heavy (non-hydrogen) atoms. The minimum Gasteiger partial charge on any atom is -0.488 e. The third kappa shape index (κ3) is 3.60. The van der Waals surface area contributed by atoms with Crippen LogP contribution < -0.4 is 10.5 Å². The largest absolute Gasteiger partial charge is 0.488 e. The molecule has 1 aromatic carbocycles. The lowest BCUT2D eigenvalue weighted by molar-refractivity contribution is 0.305. The van der Waals surface area contributed by atoms with Gasteiger partial charge in [-0.1, -0.05) is 30.0 Å². The molecule has 1 aromatic heterocycles. The van der Waals surface area contributed by atoms with Crippen molar-refractivity contribution in [2.24, 2.45) is 5.73 Å². The molecular weight excluding hydrogens is 254 g/mol. The Morgan fingerprint density at radius 1 is 1.26 bits per heavy atom. The van der Waals surface area contributed by atoms with E-state index in [1.54, 1.807) is 11.3 Å². The highest BCUT2D eigenvalue weighted by Crippen LogP contribution is 2.24. The van der Waals surface area contributed by atoms with Gasteiger partial charge in [-0.25, -0.2) is 0 Å². The van der Waals surface area contributed by atoms with Crippen LogP contribution in [0, 0.1) is 25.7 Å². The number of ether oxygens (including phenoxy) is 1. The molecule has 0 spiro atoms. The zero-order valence-electron chi connectivity index (χ0n) is 11.2. The fourth-order valence-electron chi connectivity index (χ4n) is 1.85. The van der Waals surface area contributed by atoms with Gasteiger partial charge in [0.25, 0.3) is 0 Å². The van der Waals surface area contributed by atoms with E-state index in [0.29, 0.717) is 13.2 Å². The fourth-order valence-corrected chi connectivity index (χ4v) is 2.57. The van der Waals surface area contributed by atoms with Crippen molar-refractivity contribution >= 4 is 11.3 Å². The molecule has 0 amide bonds. The van der Waals surface area contributed by atoms with Gasteiger partial charge in [-0.15, -0.1) is 11.3 Å². The highest BCUT2D eigenvalue weighted by Gasteiger charge is 2.04. The molecule has 98 valence electrons. The highest BCUT2D eigenvalue weighted by atomic mass is 32.1. The van der Waals surface area contributed by atoms with E-state index in [1.165, 1.54) is 16.0 Å². The van der Waals surface area contributed by atoms with Crippen molar-refractivity contribution in [2.75, 3.05) is 6.54 Å². The van der Waals surface area contributed by atoms with Gasteiger partial charge in [-0.05, 0) is 31.0 Å². The Kier molecular flexibility index (Phi) is 4.62. The highest BCUT2D eigenvalue weighted by molar-refractivity contribution is 7.10. The van der Waals surface area contributed by atoms with Gasteiger partial charge >= 0.3 is 0 Å². The quantitative estimate of drug-likeness (QED) is 0.870. The summed E-state index contributed by atoms with van der Waals surface area (Å²) < 4.78 is 5.91. The van der Waals surface area contributed by atoms with Crippen LogP contribution in [0.3, 0.4) is 0 Å². The SMILES string of the molecule is Cc1cccc(C)c1OCc1cc(C#CCN)cs1. The molecule has 0 aliphatic heterocycles. The van der Waals surface area contributed by atoms with Gasteiger partial charge in [0.05, 0.1) is 6.54 Å². The lowest BCUT2D eigenvalue weighted by Gasteiger charge is -2.10. The van der Waals surface area contributed by atoms with Crippen molar-refractivity contribution in [3.05, 3.63) is 51.2 Å². The Hall–Kier alpha value is -1.76. The number of hydrogen-bond donors (Lipinski definition) is 1. The van der Waals surface area contributed by atoms with Crippen molar-refractivity contribution in [1.82, 2.24) is 0 Å². The maximum Gasteiger partial charge on any atom is 0.125 e. The molecule has 0 unspecified atom stereocenters. The van der Waals surface area contributed by atoms with Gasteiger partial charge in [-0.2, -0.15) is 0 Å². The number of benzene rings is 1. The van der Waals surface area contributed by atoms with Crippen LogP contribution >= 0.6 is 11.3 Å². The lowest BCUT2D eigenvalue weighted by Crippen LogP contribution is -1.97. The predicted molar refractivity (Wildman–Crippen MR) is 80.5 cm³/mol. The van der Waals surface area contributed by atoms with E-state index in [-0.39, 0.29) is 0 Å². The summed E-state index contributed by atoms with van der Waals surface area (Å²) in [5.41, 5.74) is 8.70. The summed E-state index contributed by atoms with van der Waals surface area (Å²) in [6, 6.07) is 8.23. The summed E-state index contributed by atoms with van der Waals surface area (Å²) in [7, 11) is 0. The molecule has 0 saturated heterocycles. The Labute approximate surface area is 118 Å². The Morgan fingerprint density at radius 2 is 2.00 bits per heavy atom. The number of thiophene rings is 1. The van der Waals surface area contributed by atoms with Crippen molar-refractivity contribution in [2.45, 2.75) is 20.5 Å². The number of aryl methyl sites for hydroxylation is 2. The summed E-state index contributed by atoms with van der Waals surface area (Å²) >= 11 is 1.66. The monoisotopic (exact) mass is 271 g/mol. The van der Waals surface area contributed by atoms with Crippen molar-refractivity contribution in [1.29, 1.82) is 0 Å². The number of rotatable bonds is 3. The van der Waals surface area contributed by atoms with Gasteiger partial charge in [0, 0.05) is 15.8 Å². The molecule has 0 saturated carbocycles. The summed E-state index contributed by atoms with van der Waals surface area (Å²) in [4.78, 5) is 1.17. The van der Waals surface area contributed by atoms with Crippen molar-refractivity contribution < 1.29 is 4.74 Å². The number of para-hydroxylation sites is 1. The van der Waals surface area contributed by atoms with Crippen molar-refractivity contribution in [3.63, 3.8) is 0 Å². The molecule has 1 heterocycles.